The summed E-state index contributed by atoms with van der Waals surface area (Å²) in [5.41, 5.74) is 0.796. The number of benzene rings is 1. The molecule has 142 valence electrons. The van der Waals surface area contributed by atoms with E-state index in [1.807, 2.05) is 11.0 Å². The van der Waals surface area contributed by atoms with Crippen molar-refractivity contribution in [3.63, 3.8) is 0 Å². The monoisotopic (exact) mass is 371 g/mol. The van der Waals surface area contributed by atoms with E-state index in [0.29, 0.717) is 31.2 Å². The van der Waals surface area contributed by atoms with Gasteiger partial charge in [0.25, 0.3) is 0 Å². The number of methoxy groups -OCH3 is 1. The number of carbonyl (C=O) groups excluding carboxylic acids is 1. The Labute approximate surface area is 151 Å². The van der Waals surface area contributed by atoms with Gasteiger partial charge in [0.15, 0.2) is 11.5 Å². The van der Waals surface area contributed by atoms with Gasteiger partial charge in [0, 0.05) is 19.5 Å². The molecule has 0 aliphatic heterocycles. The molecular weight excluding hydrogens is 342 g/mol. The minimum atomic E-state index is -3.66. The highest BCUT2D eigenvalue weighted by Gasteiger charge is 2.17. The summed E-state index contributed by atoms with van der Waals surface area (Å²) >= 11 is 0. The summed E-state index contributed by atoms with van der Waals surface area (Å²) in [6.07, 6.45) is 3.33. The Morgan fingerprint density at radius 3 is 2.44 bits per heavy atom. The molecule has 0 bridgehead atoms. The number of unbranched alkanes of at least 4 members (excludes halogenated alkanes) is 1. The molecule has 0 aliphatic carbocycles. The molecule has 1 rings (SSSR count). The molecule has 25 heavy (non-hydrogen) atoms. The predicted octanol–water partition coefficient (Wildman–Crippen LogP) is 3.21. The van der Waals surface area contributed by atoms with E-state index >= 15 is 0 Å². The van der Waals surface area contributed by atoms with Gasteiger partial charge >= 0.3 is 10.1 Å². The molecule has 0 N–H and O–H groups in total. The third kappa shape index (κ3) is 7.77. The van der Waals surface area contributed by atoms with E-state index < -0.39 is 10.1 Å². The summed E-state index contributed by atoms with van der Waals surface area (Å²) in [7, 11) is -2.21. The van der Waals surface area contributed by atoms with Gasteiger partial charge in [-0.05, 0) is 30.0 Å². The van der Waals surface area contributed by atoms with Gasteiger partial charge in [0.1, 0.15) is 0 Å². The third-order valence-electron chi connectivity index (χ3n) is 3.53. The number of ether oxygens (including phenoxy) is 1. The topological polar surface area (TPSA) is 72.9 Å². The molecule has 0 radical (unpaired) electrons. The first-order valence-electron chi connectivity index (χ1n) is 8.50. The van der Waals surface area contributed by atoms with Crippen molar-refractivity contribution in [2.75, 3.05) is 19.9 Å². The van der Waals surface area contributed by atoms with Crippen LogP contribution in [-0.2, 0) is 21.5 Å². The Kier molecular flexibility index (Phi) is 8.22. The molecule has 0 heterocycles. The summed E-state index contributed by atoms with van der Waals surface area (Å²) in [5, 5.41) is 0. The zero-order valence-electron chi connectivity index (χ0n) is 15.7. The Morgan fingerprint density at radius 1 is 1.24 bits per heavy atom. The lowest BCUT2D eigenvalue weighted by molar-refractivity contribution is -0.132. The summed E-state index contributed by atoms with van der Waals surface area (Å²) in [4.78, 5) is 14.3. The standard InChI is InChI=1S/C18H29NO5S/c1-6-7-8-18(20)19(12-14(2)3)13-15-9-10-16(23-4)17(11-15)24-25(5,21)22/h9-11,14H,6-8,12-13H2,1-5H3. The first-order chi connectivity index (χ1) is 11.7. The fourth-order valence-corrected chi connectivity index (χ4v) is 2.91. The van der Waals surface area contributed by atoms with Crippen molar-refractivity contribution in [2.24, 2.45) is 5.92 Å². The first-order valence-corrected chi connectivity index (χ1v) is 10.3. The maximum absolute atomic E-state index is 12.5. The molecule has 0 aromatic heterocycles. The van der Waals surface area contributed by atoms with Gasteiger partial charge in [-0.1, -0.05) is 33.3 Å². The molecule has 1 amide bonds. The molecule has 0 saturated heterocycles. The van der Waals surface area contributed by atoms with Crippen molar-refractivity contribution in [2.45, 2.75) is 46.6 Å². The lowest BCUT2D eigenvalue weighted by Gasteiger charge is -2.25. The smallest absolute Gasteiger partial charge is 0.306 e. The number of rotatable bonds is 10. The van der Waals surface area contributed by atoms with E-state index in [1.54, 1.807) is 12.1 Å². The van der Waals surface area contributed by atoms with Crippen LogP contribution in [-0.4, -0.2) is 39.1 Å². The van der Waals surface area contributed by atoms with Gasteiger partial charge in [-0.15, -0.1) is 0 Å². The highest BCUT2D eigenvalue weighted by molar-refractivity contribution is 7.86. The molecule has 0 spiro atoms. The van der Waals surface area contributed by atoms with Crippen LogP contribution in [0, 0.1) is 5.92 Å². The van der Waals surface area contributed by atoms with Crippen LogP contribution in [0.5, 0.6) is 11.5 Å². The fourth-order valence-electron chi connectivity index (χ4n) is 2.45. The second-order valence-corrected chi connectivity index (χ2v) is 8.12. The van der Waals surface area contributed by atoms with E-state index in [-0.39, 0.29) is 11.7 Å². The highest BCUT2D eigenvalue weighted by atomic mass is 32.2. The lowest BCUT2D eigenvalue weighted by atomic mass is 10.1. The number of nitrogens with zero attached hydrogens (tertiary/aromatic N) is 1. The third-order valence-corrected chi connectivity index (χ3v) is 4.01. The van der Waals surface area contributed by atoms with Crippen molar-refractivity contribution >= 4 is 16.0 Å². The zero-order valence-corrected chi connectivity index (χ0v) is 16.6. The van der Waals surface area contributed by atoms with E-state index in [2.05, 4.69) is 20.8 Å². The van der Waals surface area contributed by atoms with Crippen molar-refractivity contribution in [3.8, 4) is 11.5 Å². The molecule has 0 fully saturated rings. The average Bonchev–Trinajstić information content (AvgIpc) is 2.50. The van der Waals surface area contributed by atoms with Gasteiger partial charge in [-0.25, -0.2) is 0 Å². The fraction of sp³-hybridized carbons (Fsp3) is 0.611. The van der Waals surface area contributed by atoms with Crippen LogP contribution in [0.2, 0.25) is 0 Å². The Hall–Kier alpha value is -1.76. The second-order valence-electron chi connectivity index (χ2n) is 6.54. The SMILES string of the molecule is CCCCC(=O)N(Cc1ccc(OC)c(OS(C)(=O)=O)c1)CC(C)C. The molecule has 0 saturated carbocycles. The minimum Gasteiger partial charge on any atom is -0.493 e. The first kappa shape index (κ1) is 21.3. The number of hydrogen-bond acceptors (Lipinski definition) is 5. The lowest BCUT2D eigenvalue weighted by Crippen LogP contribution is -2.33. The van der Waals surface area contributed by atoms with Crippen molar-refractivity contribution in [1.29, 1.82) is 0 Å². The molecule has 0 unspecified atom stereocenters. The molecule has 7 heteroatoms. The number of amides is 1. The van der Waals surface area contributed by atoms with Crippen molar-refractivity contribution in [1.82, 2.24) is 4.90 Å². The van der Waals surface area contributed by atoms with Crippen LogP contribution in [0.3, 0.4) is 0 Å². The highest BCUT2D eigenvalue weighted by Crippen LogP contribution is 2.29. The van der Waals surface area contributed by atoms with Crippen LogP contribution in [0.4, 0.5) is 0 Å². The normalized spacial score (nSPS) is 11.4. The second kappa shape index (κ2) is 9.65. The van der Waals surface area contributed by atoms with Gasteiger partial charge in [-0.2, -0.15) is 8.42 Å². The van der Waals surface area contributed by atoms with Crippen LogP contribution < -0.4 is 8.92 Å². The van der Waals surface area contributed by atoms with Crippen LogP contribution >= 0.6 is 0 Å². The van der Waals surface area contributed by atoms with Crippen molar-refractivity contribution in [3.05, 3.63) is 23.8 Å². The molecule has 1 aromatic carbocycles. The van der Waals surface area contributed by atoms with Gasteiger partial charge < -0.3 is 13.8 Å². The quantitative estimate of drug-likeness (QED) is 0.591. The van der Waals surface area contributed by atoms with Crippen LogP contribution in [0.25, 0.3) is 0 Å². The summed E-state index contributed by atoms with van der Waals surface area (Å²) in [6, 6.07) is 5.08. The molecule has 1 aromatic rings. The van der Waals surface area contributed by atoms with Gasteiger partial charge in [0.2, 0.25) is 5.91 Å². The Balaban J connectivity index is 3.03. The molecule has 0 atom stereocenters. The maximum Gasteiger partial charge on any atom is 0.306 e. The Bertz CT molecular complexity index is 670. The molecule has 0 aliphatic rings. The summed E-state index contributed by atoms with van der Waals surface area (Å²) in [6.45, 7) is 7.23. The van der Waals surface area contributed by atoms with E-state index in [0.717, 1.165) is 24.7 Å². The van der Waals surface area contributed by atoms with Crippen LogP contribution in [0.1, 0.15) is 45.6 Å². The summed E-state index contributed by atoms with van der Waals surface area (Å²) in [5.74, 6) is 0.919. The van der Waals surface area contributed by atoms with E-state index in [4.69, 9.17) is 8.92 Å². The minimum absolute atomic E-state index is 0.108. The molecule has 6 nitrogen and oxygen atoms in total. The van der Waals surface area contributed by atoms with E-state index in [1.165, 1.54) is 7.11 Å². The van der Waals surface area contributed by atoms with Crippen LogP contribution in [0.15, 0.2) is 18.2 Å². The van der Waals surface area contributed by atoms with Gasteiger partial charge in [0.05, 0.1) is 13.4 Å². The van der Waals surface area contributed by atoms with E-state index in [9.17, 15) is 13.2 Å². The maximum atomic E-state index is 12.5. The van der Waals surface area contributed by atoms with Gasteiger partial charge in [-0.3, -0.25) is 4.79 Å². The Morgan fingerprint density at radius 2 is 1.92 bits per heavy atom. The number of hydrogen-bond donors (Lipinski definition) is 0. The zero-order chi connectivity index (χ0) is 19.0. The largest absolute Gasteiger partial charge is 0.493 e. The average molecular weight is 371 g/mol. The predicted molar refractivity (Wildman–Crippen MR) is 98.2 cm³/mol. The summed E-state index contributed by atoms with van der Waals surface area (Å²) < 4.78 is 33.0. The number of carbonyl (C=O) groups is 1. The van der Waals surface area contributed by atoms with Crippen molar-refractivity contribution < 1.29 is 22.1 Å². The molecular formula is C18H29NO5S.